The van der Waals surface area contributed by atoms with Crippen LogP contribution in [0.15, 0.2) is 91.0 Å². The molecular weight excluding hydrogens is 356 g/mol. The third-order valence-electron chi connectivity index (χ3n) is 5.82. The summed E-state index contributed by atoms with van der Waals surface area (Å²) in [5.41, 5.74) is 9.46. The molecule has 2 heteroatoms. The van der Waals surface area contributed by atoms with Crippen LogP contribution in [0.2, 0.25) is 0 Å². The molecule has 0 aromatic heterocycles. The minimum absolute atomic E-state index is 0.326. The molecule has 0 fully saturated rings. The average molecular weight is 378 g/mol. The Hall–Kier alpha value is -3.20. The minimum Gasteiger partial charge on any atom is -0.367 e. The van der Waals surface area contributed by atoms with Crippen LogP contribution in [0.1, 0.15) is 34.6 Å². The van der Waals surface area contributed by atoms with Crippen molar-refractivity contribution in [3.05, 3.63) is 113 Å². The number of hydrogen-bond donors (Lipinski definition) is 2. The summed E-state index contributed by atoms with van der Waals surface area (Å²) in [6.07, 6.45) is 7.93. The van der Waals surface area contributed by atoms with Crippen LogP contribution in [0.5, 0.6) is 0 Å². The van der Waals surface area contributed by atoms with Crippen LogP contribution in [0.3, 0.4) is 0 Å². The lowest BCUT2D eigenvalue weighted by molar-refractivity contribution is -0.0490. The van der Waals surface area contributed by atoms with Crippen molar-refractivity contribution in [2.75, 3.05) is 0 Å². The van der Waals surface area contributed by atoms with E-state index < -0.39 is 6.29 Å². The Kier molecular flexibility index (Phi) is 4.51. The molecule has 0 aliphatic heterocycles. The van der Waals surface area contributed by atoms with Crippen LogP contribution in [0.25, 0.3) is 28.3 Å². The molecule has 0 spiro atoms. The van der Waals surface area contributed by atoms with Gasteiger partial charge in [-0.1, -0.05) is 91.0 Å². The van der Waals surface area contributed by atoms with Gasteiger partial charge in [0, 0.05) is 0 Å². The van der Waals surface area contributed by atoms with Crippen molar-refractivity contribution >= 4 is 17.2 Å². The van der Waals surface area contributed by atoms with E-state index in [1.807, 2.05) is 24.3 Å². The first-order chi connectivity index (χ1) is 14.2. The topological polar surface area (TPSA) is 40.5 Å². The second kappa shape index (κ2) is 7.32. The Morgan fingerprint density at radius 2 is 1.45 bits per heavy atom. The van der Waals surface area contributed by atoms with Crippen molar-refractivity contribution in [1.82, 2.24) is 0 Å². The van der Waals surface area contributed by atoms with Gasteiger partial charge in [-0.3, -0.25) is 0 Å². The first-order valence-corrected chi connectivity index (χ1v) is 9.94. The van der Waals surface area contributed by atoms with Gasteiger partial charge < -0.3 is 10.2 Å². The zero-order valence-corrected chi connectivity index (χ0v) is 16.0. The van der Waals surface area contributed by atoms with E-state index in [9.17, 15) is 10.2 Å². The van der Waals surface area contributed by atoms with E-state index >= 15 is 0 Å². The number of fused-ring (bicyclic) bond motifs is 1. The van der Waals surface area contributed by atoms with Crippen LogP contribution in [0.4, 0.5) is 0 Å². The van der Waals surface area contributed by atoms with Crippen LogP contribution >= 0.6 is 0 Å². The van der Waals surface area contributed by atoms with Crippen molar-refractivity contribution < 1.29 is 10.2 Å². The van der Waals surface area contributed by atoms with E-state index in [-0.39, 0.29) is 5.92 Å². The van der Waals surface area contributed by atoms with Gasteiger partial charge in [0.2, 0.25) is 0 Å². The van der Waals surface area contributed by atoms with Gasteiger partial charge in [-0.05, 0) is 57.0 Å². The lowest BCUT2D eigenvalue weighted by Crippen LogP contribution is -2.14. The van der Waals surface area contributed by atoms with Crippen LogP contribution < -0.4 is 0 Å². The summed E-state index contributed by atoms with van der Waals surface area (Å²) in [5.74, 6) is -0.326. The number of benzene rings is 3. The summed E-state index contributed by atoms with van der Waals surface area (Å²) in [6.45, 7) is 0. The minimum atomic E-state index is -1.35. The highest BCUT2D eigenvalue weighted by molar-refractivity contribution is 5.90. The smallest absolute Gasteiger partial charge is 0.161 e. The molecule has 0 bridgehead atoms. The standard InChI is InChI=1S/C27H22O2/c28-27(29)26-15-13-24-17-23(12-14-25(24)26)22-11-10-21(16-22)20-8-6-19(7-9-20)18-4-2-1-3-5-18/h1-10,12-17,26-29H,11H2. The summed E-state index contributed by atoms with van der Waals surface area (Å²) in [4.78, 5) is 0. The van der Waals surface area contributed by atoms with Crippen molar-refractivity contribution in [1.29, 1.82) is 0 Å². The Bertz CT molecular complexity index is 1130. The molecule has 0 saturated carbocycles. The molecule has 1 atom stereocenters. The largest absolute Gasteiger partial charge is 0.367 e. The Morgan fingerprint density at radius 1 is 0.759 bits per heavy atom. The maximum Gasteiger partial charge on any atom is 0.161 e. The number of hydrogen-bond acceptors (Lipinski definition) is 2. The van der Waals surface area contributed by atoms with Gasteiger partial charge >= 0.3 is 0 Å². The number of rotatable bonds is 4. The van der Waals surface area contributed by atoms with E-state index in [0.717, 1.165) is 17.5 Å². The monoisotopic (exact) mass is 378 g/mol. The molecule has 0 radical (unpaired) electrons. The SMILES string of the molecule is OC(O)C1C=Cc2cc(C3=CC(c4ccc(-c5ccccc5)cc4)=CC3)ccc21. The molecule has 2 aliphatic rings. The average Bonchev–Trinajstić information content (AvgIpc) is 3.41. The lowest BCUT2D eigenvalue weighted by atomic mass is 9.95. The maximum atomic E-state index is 9.52. The van der Waals surface area contributed by atoms with E-state index in [0.29, 0.717) is 0 Å². The van der Waals surface area contributed by atoms with Gasteiger partial charge in [-0.25, -0.2) is 0 Å². The molecule has 1 unspecified atom stereocenters. The highest BCUT2D eigenvalue weighted by atomic mass is 16.5. The fraction of sp³-hybridized carbons (Fsp3) is 0.111. The third kappa shape index (κ3) is 3.38. The number of allylic oxidation sites excluding steroid dienone is 4. The summed E-state index contributed by atoms with van der Waals surface area (Å²) in [5, 5.41) is 19.0. The molecule has 29 heavy (non-hydrogen) atoms. The molecule has 3 aromatic carbocycles. The molecular formula is C27H22O2. The molecule has 142 valence electrons. The third-order valence-corrected chi connectivity index (χ3v) is 5.82. The van der Waals surface area contributed by atoms with Gasteiger partial charge in [0.05, 0.1) is 5.92 Å². The molecule has 2 nitrogen and oxygen atoms in total. The fourth-order valence-electron chi connectivity index (χ4n) is 4.21. The van der Waals surface area contributed by atoms with Crippen LogP contribution in [-0.2, 0) is 0 Å². The molecule has 3 aromatic rings. The number of aliphatic hydroxyl groups is 2. The quantitative estimate of drug-likeness (QED) is 0.576. The number of aliphatic hydroxyl groups excluding tert-OH is 1. The predicted octanol–water partition coefficient (Wildman–Crippen LogP) is 5.65. The summed E-state index contributed by atoms with van der Waals surface area (Å²) >= 11 is 0. The second-order valence-corrected chi connectivity index (χ2v) is 7.62. The van der Waals surface area contributed by atoms with E-state index in [4.69, 9.17) is 0 Å². The highest BCUT2D eigenvalue weighted by Crippen LogP contribution is 2.37. The highest BCUT2D eigenvalue weighted by Gasteiger charge is 2.23. The van der Waals surface area contributed by atoms with Gasteiger partial charge in [-0.2, -0.15) is 0 Å². The van der Waals surface area contributed by atoms with Gasteiger partial charge in [0.1, 0.15) is 0 Å². The zero-order chi connectivity index (χ0) is 19.8. The fourth-order valence-corrected chi connectivity index (χ4v) is 4.21. The first kappa shape index (κ1) is 17.9. The maximum absolute atomic E-state index is 9.52. The van der Waals surface area contributed by atoms with Crippen LogP contribution in [-0.4, -0.2) is 16.5 Å². The first-order valence-electron chi connectivity index (χ1n) is 9.94. The second-order valence-electron chi connectivity index (χ2n) is 7.62. The van der Waals surface area contributed by atoms with Gasteiger partial charge in [0.15, 0.2) is 6.29 Å². The molecule has 2 N–H and O–H groups in total. The molecule has 5 rings (SSSR count). The van der Waals surface area contributed by atoms with Gasteiger partial charge in [-0.15, -0.1) is 0 Å². The van der Waals surface area contributed by atoms with E-state index in [1.165, 1.54) is 33.4 Å². The van der Waals surface area contributed by atoms with Crippen molar-refractivity contribution in [2.24, 2.45) is 0 Å². The molecule has 0 heterocycles. The molecule has 0 amide bonds. The normalized spacial score (nSPS) is 17.4. The summed E-state index contributed by atoms with van der Waals surface area (Å²) < 4.78 is 0. The Balaban J connectivity index is 1.37. The van der Waals surface area contributed by atoms with E-state index in [2.05, 4.69) is 72.8 Å². The molecule has 0 saturated heterocycles. The zero-order valence-electron chi connectivity index (χ0n) is 16.0. The lowest BCUT2D eigenvalue weighted by Gasteiger charge is -2.14. The summed E-state index contributed by atoms with van der Waals surface area (Å²) in [6, 6.07) is 25.4. The van der Waals surface area contributed by atoms with Crippen molar-refractivity contribution in [3.8, 4) is 11.1 Å². The summed E-state index contributed by atoms with van der Waals surface area (Å²) in [7, 11) is 0. The Morgan fingerprint density at radius 3 is 2.21 bits per heavy atom. The molecule has 2 aliphatic carbocycles. The Labute approximate surface area is 170 Å². The van der Waals surface area contributed by atoms with Gasteiger partial charge in [0.25, 0.3) is 0 Å². The van der Waals surface area contributed by atoms with E-state index in [1.54, 1.807) is 0 Å². The van der Waals surface area contributed by atoms with Crippen LogP contribution in [0, 0.1) is 0 Å². The van der Waals surface area contributed by atoms with Crippen molar-refractivity contribution in [2.45, 2.75) is 18.6 Å². The van der Waals surface area contributed by atoms with Crippen molar-refractivity contribution in [3.63, 3.8) is 0 Å². The predicted molar refractivity (Wildman–Crippen MR) is 119 cm³/mol.